The molecule has 0 radical (unpaired) electrons. The first-order chi connectivity index (χ1) is 8.61. The lowest BCUT2D eigenvalue weighted by molar-refractivity contribution is -0.132. The summed E-state index contributed by atoms with van der Waals surface area (Å²) in [6.07, 6.45) is 2.11. The minimum absolute atomic E-state index is 0.196. The molecule has 0 unspecified atom stereocenters. The van der Waals surface area contributed by atoms with Crippen molar-refractivity contribution in [2.75, 3.05) is 0 Å². The van der Waals surface area contributed by atoms with Gasteiger partial charge in [-0.2, -0.15) is 0 Å². The largest absolute Gasteiger partial charge is 0.478 e. The molecule has 0 aliphatic carbocycles. The van der Waals surface area contributed by atoms with Crippen LogP contribution in [0.15, 0.2) is 55.1 Å². The van der Waals surface area contributed by atoms with Crippen molar-refractivity contribution in [3.05, 3.63) is 66.3 Å². The van der Waals surface area contributed by atoms with Gasteiger partial charge in [0.1, 0.15) is 0 Å². The van der Waals surface area contributed by atoms with Crippen LogP contribution in [0.5, 0.6) is 0 Å². The Morgan fingerprint density at radius 2 is 2.00 bits per heavy atom. The van der Waals surface area contributed by atoms with Gasteiger partial charge < -0.3 is 5.11 Å². The van der Waals surface area contributed by atoms with E-state index in [2.05, 4.69) is 13.2 Å². The molecule has 0 saturated heterocycles. The van der Waals surface area contributed by atoms with Crippen molar-refractivity contribution < 1.29 is 9.90 Å². The van der Waals surface area contributed by atoms with Gasteiger partial charge in [-0.25, -0.2) is 4.79 Å². The van der Waals surface area contributed by atoms with Crippen LogP contribution < -0.4 is 0 Å². The van der Waals surface area contributed by atoms with Crippen molar-refractivity contribution in [3.8, 4) is 0 Å². The number of hydrogen-bond acceptors (Lipinski definition) is 1. The van der Waals surface area contributed by atoms with Crippen LogP contribution >= 0.6 is 0 Å². The molecule has 1 N–H and O–H groups in total. The van der Waals surface area contributed by atoms with Gasteiger partial charge in [0.2, 0.25) is 0 Å². The van der Waals surface area contributed by atoms with Crippen LogP contribution in [0.2, 0.25) is 0 Å². The average Bonchev–Trinajstić information content (AvgIpc) is 2.38. The van der Waals surface area contributed by atoms with Gasteiger partial charge in [-0.3, -0.25) is 0 Å². The van der Waals surface area contributed by atoms with Crippen molar-refractivity contribution in [3.63, 3.8) is 0 Å². The van der Waals surface area contributed by atoms with E-state index in [1.165, 1.54) is 0 Å². The van der Waals surface area contributed by atoms with Gasteiger partial charge in [-0.1, -0.05) is 49.6 Å². The third-order valence-corrected chi connectivity index (χ3v) is 2.91. The second kappa shape index (κ2) is 4.88. The molecule has 2 aromatic rings. The van der Waals surface area contributed by atoms with Gasteiger partial charge in [0.05, 0.1) is 0 Å². The van der Waals surface area contributed by atoms with E-state index in [-0.39, 0.29) is 5.57 Å². The molecular formula is C16H14O2. The molecule has 0 saturated carbocycles. The van der Waals surface area contributed by atoms with Crippen LogP contribution in [0, 0.1) is 0 Å². The highest BCUT2D eigenvalue weighted by Gasteiger charge is 2.08. The first kappa shape index (κ1) is 12.1. The Bertz CT molecular complexity index is 639. The Balaban J connectivity index is 2.57. The Morgan fingerprint density at radius 1 is 1.28 bits per heavy atom. The Kier molecular flexibility index (Phi) is 3.28. The molecule has 90 valence electrons. The second-order valence-electron chi connectivity index (χ2n) is 4.19. The summed E-state index contributed by atoms with van der Waals surface area (Å²) in [6.45, 7) is 7.34. The van der Waals surface area contributed by atoms with Gasteiger partial charge in [-0.05, 0) is 28.0 Å². The van der Waals surface area contributed by atoms with E-state index in [1.54, 1.807) is 6.08 Å². The number of carboxylic acids is 1. The zero-order valence-corrected chi connectivity index (χ0v) is 10.0. The summed E-state index contributed by atoms with van der Waals surface area (Å²) >= 11 is 0. The summed E-state index contributed by atoms with van der Waals surface area (Å²) in [7, 11) is 0. The fourth-order valence-corrected chi connectivity index (χ4v) is 1.99. The number of benzene rings is 2. The summed E-state index contributed by atoms with van der Waals surface area (Å²) < 4.78 is 0. The first-order valence-electron chi connectivity index (χ1n) is 5.67. The van der Waals surface area contributed by atoms with Crippen molar-refractivity contribution in [2.24, 2.45) is 0 Å². The number of rotatable bonds is 4. The van der Waals surface area contributed by atoms with Crippen LogP contribution in [0.3, 0.4) is 0 Å². The minimum Gasteiger partial charge on any atom is -0.478 e. The molecular weight excluding hydrogens is 224 g/mol. The lowest BCUT2D eigenvalue weighted by atomic mass is 9.96. The molecule has 0 bridgehead atoms. The lowest BCUT2D eigenvalue weighted by Crippen LogP contribution is -2.02. The SMILES string of the molecule is C=Cc1cc(CC(=C)C(=O)O)c2ccccc2c1. The summed E-state index contributed by atoms with van der Waals surface area (Å²) in [6, 6.07) is 11.9. The topological polar surface area (TPSA) is 37.3 Å². The zero-order chi connectivity index (χ0) is 13.1. The Labute approximate surface area is 106 Å². The van der Waals surface area contributed by atoms with E-state index < -0.39 is 5.97 Å². The molecule has 0 amide bonds. The van der Waals surface area contributed by atoms with E-state index in [0.29, 0.717) is 6.42 Å². The smallest absolute Gasteiger partial charge is 0.331 e. The number of carbonyl (C=O) groups is 1. The first-order valence-corrected chi connectivity index (χ1v) is 5.67. The van der Waals surface area contributed by atoms with E-state index in [9.17, 15) is 4.79 Å². The van der Waals surface area contributed by atoms with Crippen LogP contribution in [0.1, 0.15) is 11.1 Å². The summed E-state index contributed by atoms with van der Waals surface area (Å²) in [5, 5.41) is 11.1. The molecule has 0 aromatic heterocycles. The highest BCUT2D eigenvalue weighted by molar-refractivity contribution is 5.91. The maximum absolute atomic E-state index is 10.9. The number of hydrogen-bond donors (Lipinski definition) is 1. The molecule has 2 aromatic carbocycles. The van der Waals surface area contributed by atoms with Crippen molar-refractivity contribution in [1.82, 2.24) is 0 Å². The predicted octanol–water partition coefficient (Wildman–Crippen LogP) is 3.67. The minimum atomic E-state index is -0.955. The quantitative estimate of drug-likeness (QED) is 0.825. The Morgan fingerprint density at radius 3 is 2.67 bits per heavy atom. The molecule has 2 nitrogen and oxygen atoms in total. The Hall–Kier alpha value is -2.35. The number of aliphatic carboxylic acids is 1. The van der Waals surface area contributed by atoms with E-state index >= 15 is 0 Å². The molecule has 0 spiro atoms. The molecule has 0 atom stereocenters. The van der Waals surface area contributed by atoms with Crippen LogP contribution in [0.4, 0.5) is 0 Å². The maximum Gasteiger partial charge on any atom is 0.331 e. The molecule has 0 aliphatic rings. The maximum atomic E-state index is 10.9. The fraction of sp³-hybridized carbons (Fsp3) is 0.0625. The van der Waals surface area contributed by atoms with E-state index in [1.807, 2.05) is 36.4 Å². The van der Waals surface area contributed by atoms with Crippen LogP contribution in [-0.2, 0) is 11.2 Å². The monoisotopic (exact) mass is 238 g/mol. The lowest BCUT2D eigenvalue weighted by Gasteiger charge is -2.08. The highest BCUT2D eigenvalue weighted by Crippen LogP contribution is 2.23. The van der Waals surface area contributed by atoms with E-state index in [4.69, 9.17) is 5.11 Å². The third kappa shape index (κ3) is 2.33. The standard InChI is InChI=1S/C16H14O2/c1-3-12-9-13-6-4-5-7-15(13)14(10-12)8-11(2)16(17)18/h3-7,9-10H,1-2,8H2,(H,17,18). The highest BCUT2D eigenvalue weighted by atomic mass is 16.4. The molecule has 0 fully saturated rings. The van der Waals surface area contributed by atoms with Gasteiger partial charge in [-0.15, -0.1) is 0 Å². The molecule has 2 rings (SSSR count). The average molecular weight is 238 g/mol. The fourth-order valence-electron chi connectivity index (χ4n) is 1.99. The third-order valence-electron chi connectivity index (χ3n) is 2.91. The van der Waals surface area contributed by atoms with Crippen LogP contribution in [0.25, 0.3) is 16.8 Å². The zero-order valence-electron chi connectivity index (χ0n) is 10.0. The molecule has 18 heavy (non-hydrogen) atoms. The van der Waals surface area contributed by atoms with Crippen molar-refractivity contribution in [1.29, 1.82) is 0 Å². The van der Waals surface area contributed by atoms with Crippen molar-refractivity contribution in [2.45, 2.75) is 6.42 Å². The van der Waals surface area contributed by atoms with E-state index in [0.717, 1.165) is 21.9 Å². The van der Waals surface area contributed by atoms with Gasteiger partial charge in [0, 0.05) is 12.0 Å². The van der Waals surface area contributed by atoms with Gasteiger partial charge >= 0.3 is 5.97 Å². The predicted molar refractivity (Wildman–Crippen MR) is 74.5 cm³/mol. The number of carboxylic acid groups (broad SMARTS) is 1. The summed E-state index contributed by atoms with van der Waals surface area (Å²) in [5.41, 5.74) is 2.15. The molecule has 2 heteroatoms. The summed E-state index contributed by atoms with van der Waals surface area (Å²) in [4.78, 5) is 10.9. The van der Waals surface area contributed by atoms with Crippen LogP contribution in [-0.4, -0.2) is 11.1 Å². The van der Waals surface area contributed by atoms with Crippen molar-refractivity contribution >= 4 is 22.8 Å². The molecule has 0 aliphatic heterocycles. The normalized spacial score (nSPS) is 10.2. The second-order valence-corrected chi connectivity index (χ2v) is 4.19. The molecule has 0 heterocycles. The van der Waals surface area contributed by atoms with Gasteiger partial charge in [0.25, 0.3) is 0 Å². The van der Waals surface area contributed by atoms with Gasteiger partial charge in [0.15, 0.2) is 0 Å². The number of fused-ring (bicyclic) bond motifs is 1. The summed E-state index contributed by atoms with van der Waals surface area (Å²) in [5.74, 6) is -0.955.